The third-order valence-electron chi connectivity index (χ3n) is 4.17. The zero-order chi connectivity index (χ0) is 16.9. The van der Waals surface area contributed by atoms with E-state index in [1.54, 1.807) is 23.3 Å². The summed E-state index contributed by atoms with van der Waals surface area (Å²) in [5.41, 5.74) is 0.680. The van der Waals surface area contributed by atoms with E-state index in [9.17, 15) is 4.79 Å². The lowest BCUT2D eigenvalue weighted by atomic mass is 10.2. The number of amides is 2. The highest BCUT2D eigenvalue weighted by Gasteiger charge is 2.21. The number of urea groups is 1. The van der Waals surface area contributed by atoms with Crippen LogP contribution in [0.1, 0.15) is 24.3 Å². The quantitative estimate of drug-likeness (QED) is 0.885. The number of nitrogens with zero attached hydrogens (tertiary/aromatic N) is 1. The Balaban J connectivity index is 1.67. The first kappa shape index (κ1) is 16.8. The molecular formula is C18H22N2O3S. The van der Waals surface area contributed by atoms with Gasteiger partial charge in [-0.3, -0.25) is 0 Å². The first-order valence-corrected chi connectivity index (χ1v) is 8.94. The number of carbonyl (C=O) groups excluding carboxylic acids is 1. The van der Waals surface area contributed by atoms with E-state index in [0.717, 1.165) is 17.9 Å². The van der Waals surface area contributed by atoms with Crippen molar-refractivity contribution in [3.8, 4) is 5.75 Å². The molecule has 2 atom stereocenters. The van der Waals surface area contributed by atoms with Gasteiger partial charge in [0, 0.05) is 18.3 Å². The van der Waals surface area contributed by atoms with Crippen molar-refractivity contribution < 1.29 is 14.3 Å². The van der Waals surface area contributed by atoms with Gasteiger partial charge in [0.25, 0.3) is 0 Å². The highest BCUT2D eigenvalue weighted by Crippen LogP contribution is 2.28. The molecular weight excluding hydrogens is 324 g/mol. The maximum absolute atomic E-state index is 12.6. The maximum atomic E-state index is 12.6. The molecule has 0 saturated carbocycles. The van der Waals surface area contributed by atoms with Crippen molar-refractivity contribution in [3.63, 3.8) is 0 Å². The van der Waals surface area contributed by atoms with E-state index in [4.69, 9.17) is 9.47 Å². The molecule has 1 aromatic carbocycles. The fourth-order valence-corrected chi connectivity index (χ4v) is 3.38. The summed E-state index contributed by atoms with van der Waals surface area (Å²) in [6, 6.07) is 11.4. The number of rotatable bonds is 5. The molecule has 0 bridgehead atoms. The van der Waals surface area contributed by atoms with Crippen molar-refractivity contribution in [2.24, 2.45) is 0 Å². The van der Waals surface area contributed by atoms with Gasteiger partial charge in [0.15, 0.2) is 0 Å². The zero-order valence-corrected chi connectivity index (χ0v) is 14.7. The summed E-state index contributed by atoms with van der Waals surface area (Å²) >= 11 is 1.65. The molecule has 24 heavy (non-hydrogen) atoms. The third-order valence-corrected chi connectivity index (χ3v) is 5.21. The summed E-state index contributed by atoms with van der Waals surface area (Å²) in [5.74, 6) is 0.679. The predicted octanol–water partition coefficient (Wildman–Crippen LogP) is 4.14. The predicted molar refractivity (Wildman–Crippen MR) is 95.8 cm³/mol. The van der Waals surface area contributed by atoms with E-state index in [2.05, 4.69) is 5.32 Å². The third kappa shape index (κ3) is 3.88. The largest absolute Gasteiger partial charge is 0.486 e. The molecule has 0 unspecified atom stereocenters. The Labute approximate surface area is 146 Å². The van der Waals surface area contributed by atoms with Crippen molar-refractivity contribution in [3.05, 3.63) is 46.7 Å². The Hall–Kier alpha value is -2.05. The normalized spacial score (nSPS) is 18.2. The van der Waals surface area contributed by atoms with Crippen LogP contribution in [-0.2, 0) is 4.74 Å². The molecule has 1 N–H and O–H groups in total. The second kappa shape index (κ2) is 7.68. The van der Waals surface area contributed by atoms with Crippen molar-refractivity contribution in [1.29, 1.82) is 0 Å². The Morgan fingerprint density at radius 1 is 1.38 bits per heavy atom. The number of nitrogens with one attached hydrogen (secondary N) is 1. The number of benzene rings is 1. The average Bonchev–Trinajstić information content (AvgIpc) is 3.28. The molecule has 1 aliphatic rings. The van der Waals surface area contributed by atoms with Gasteiger partial charge in [-0.05, 0) is 30.5 Å². The molecule has 1 saturated heterocycles. The number of ether oxygens (including phenoxy) is 2. The van der Waals surface area contributed by atoms with E-state index in [-0.39, 0.29) is 18.2 Å². The standard InChI is InChI=1S/C18H22N2O3S/c1-13(17-8-5-11-24-17)20(2)18(21)19-15-6-3-4-7-16(15)23-14-9-10-22-12-14/h3-8,11,13-14H,9-10,12H2,1-2H3,(H,19,21)/t13-,14+/m1/s1. The van der Waals surface area contributed by atoms with E-state index in [1.807, 2.05) is 48.7 Å². The second-order valence-corrected chi connectivity index (χ2v) is 6.81. The highest BCUT2D eigenvalue weighted by atomic mass is 32.1. The van der Waals surface area contributed by atoms with Gasteiger partial charge in [0.1, 0.15) is 11.9 Å². The molecule has 128 valence electrons. The number of hydrogen-bond donors (Lipinski definition) is 1. The Morgan fingerprint density at radius 2 is 2.21 bits per heavy atom. The number of anilines is 1. The van der Waals surface area contributed by atoms with Crippen LogP contribution >= 0.6 is 11.3 Å². The van der Waals surface area contributed by atoms with E-state index in [1.165, 1.54) is 0 Å². The smallest absolute Gasteiger partial charge is 0.322 e. The summed E-state index contributed by atoms with van der Waals surface area (Å²) in [7, 11) is 1.80. The van der Waals surface area contributed by atoms with Crippen LogP contribution < -0.4 is 10.1 Å². The number of carbonyl (C=O) groups is 1. The van der Waals surface area contributed by atoms with Crippen LogP contribution in [0.5, 0.6) is 5.75 Å². The fourth-order valence-electron chi connectivity index (χ4n) is 2.56. The molecule has 1 aromatic heterocycles. The molecule has 0 radical (unpaired) electrons. The molecule has 1 fully saturated rings. The van der Waals surface area contributed by atoms with Crippen LogP contribution in [0.15, 0.2) is 41.8 Å². The first-order chi connectivity index (χ1) is 11.6. The Bertz CT molecular complexity index is 669. The average molecular weight is 346 g/mol. The molecule has 2 heterocycles. The lowest BCUT2D eigenvalue weighted by Crippen LogP contribution is -2.33. The van der Waals surface area contributed by atoms with Gasteiger partial charge < -0.3 is 19.7 Å². The lowest BCUT2D eigenvalue weighted by Gasteiger charge is -2.25. The van der Waals surface area contributed by atoms with Crippen LogP contribution in [0.2, 0.25) is 0 Å². The monoisotopic (exact) mass is 346 g/mol. The molecule has 2 aromatic rings. The minimum atomic E-state index is -0.158. The lowest BCUT2D eigenvalue weighted by molar-refractivity contribution is 0.142. The number of thiophene rings is 1. The van der Waals surface area contributed by atoms with Crippen molar-refractivity contribution in [2.45, 2.75) is 25.5 Å². The minimum absolute atomic E-state index is 0.0151. The van der Waals surface area contributed by atoms with Crippen LogP contribution in [0.4, 0.5) is 10.5 Å². The maximum Gasteiger partial charge on any atom is 0.322 e. The molecule has 6 heteroatoms. The molecule has 2 amide bonds. The SMILES string of the molecule is C[C@H](c1cccs1)N(C)C(=O)Nc1ccccc1O[C@H]1CCOC1. The fraction of sp³-hybridized carbons (Fsp3) is 0.389. The Kier molecular flexibility index (Phi) is 5.37. The van der Waals surface area contributed by atoms with Gasteiger partial charge in [-0.25, -0.2) is 4.79 Å². The van der Waals surface area contributed by atoms with Crippen molar-refractivity contribution >= 4 is 23.1 Å². The second-order valence-electron chi connectivity index (χ2n) is 5.83. The first-order valence-electron chi connectivity index (χ1n) is 8.06. The number of hydrogen-bond acceptors (Lipinski definition) is 4. The van der Waals surface area contributed by atoms with Gasteiger partial charge in [-0.15, -0.1) is 11.3 Å². The van der Waals surface area contributed by atoms with Gasteiger partial charge in [0.2, 0.25) is 0 Å². The summed E-state index contributed by atoms with van der Waals surface area (Å²) in [6.07, 6.45) is 0.920. The van der Waals surface area contributed by atoms with Crippen LogP contribution in [0.3, 0.4) is 0 Å². The summed E-state index contributed by atoms with van der Waals surface area (Å²) in [6.45, 7) is 3.33. The van der Waals surface area contributed by atoms with Crippen LogP contribution in [0.25, 0.3) is 0 Å². The Morgan fingerprint density at radius 3 is 2.92 bits per heavy atom. The van der Waals surface area contributed by atoms with Gasteiger partial charge in [-0.2, -0.15) is 0 Å². The van der Waals surface area contributed by atoms with Crippen LogP contribution in [0, 0.1) is 0 Å². The molecule has 0 spiro atoms. The van der Waals surface area contributed by atoms with Crippen LogP contribution in [-0.4, -0.2) is 37.3 Å². The molecule has 5 nitrogen and oxygen atoms in total. The summed E-state index contributed by atoms with van der Waals surface area (Å²) < 4.78 is 11.3. The molecule has 1 aliphatic heterocycles. The van der Waals surface area contributed by atoms with Gasteiger partial charge in [0.05, 0.1) is 24.9 Å². The summed E-state index contributed by atoms with van der Waals surface area (Å²) in [5, 5.41) is 4.97. The number of para-hydroxylation sites is 2. The summed E-state index contributed by atoms with van der Waals surface area (Å²) in [4.78, 5) is 15.4. The highest BCUT2D eigenvalue weighted by molar-refractivity contribution is 7.10. The molecule has 3 rings (SSSR count). The van der Waals surface area contributed by atoms with Crippen molar-refractivity contribution in [2.75, 3.05) is 25.6 Å². The van der Waals surface area contributed by atoms with E-state index < -0.39 is 0 Å². The van der Waals surface area contributed by atoms with Gasteiger partial charge >= 0.3 is 6.03 Å². The zero-order valence-electron chi connectivity index (χ0n) is 13.9. The van der Waals surface area contributed by atoms with Crippen molar-refractivity contribution in [1.82, 2.24) is 4.90 Å². The van der Waals surface area contributed by atoms with E-state index >= 15 is 0 Å². The minimum Gasteiger partial charge on any atom is -0.486 e. The molecule has 0 aliphatic carbocycles. The van der Waals surface area contributed by atoms with Gasteiger partial charge in [-0.1, -0.05) is 18.2 Å². The van der Waals surface area contributed by atoms with E-state index in [0.29, 0.717) is 18.0 Å². The topological polar surface area (TPSA) is 50.8 Å².